The van der Waals surface area contributed by atoms with E-state index >= 15 is 0 Å². The number of carbonyl (C=O) groups excluding carboxylic acids is 2. The standard InChI is InChI=1S/C21H31N3O4/c1-15-7-5-9-18(22-15)27-17-10-12-23(14-17)19(25)16-8-6-11-24(13-16)20(26)28-21(2,3)4/h5,7,9,16-17H,6,8,10-14H2,1-4H3. The lowest BCUT2D eigenvalue weighted by molar-refractivity contribution is -0.136. The van der Waals surface area contributed by atoms with Crippen molar-refractivity contribution in [2.24, 2.45) is 5.92 Å². The molecule has 2 aliphatic rings. The molecule has 0 saturated carbocycles. The number of ether oxygens (including phenoxy) is 2. The lowest BCUT2D eigenvalue weighted by Crippen LogP contribution is -2.47. The molecule has 1 aromatic rings. The van der Waals surface area contributed by atoms with Crippen LogP contribution in [0.1, 0.15) is 45.7 Å². The zero-order chi connectivity index (χ0) is 20.3. The molecule has 154 valence electrons. The highest BCUT2D eigenvalue weighted by Gasteiger charge is 2.36. The Morgan fingerprint density at radius 2 is 1.89 bits per heavy atom. The summed E-state index contributed by atoms with van der Waals surface area (Å²) in [4.78, 5) is 33.2. The predicted molar refractivity (Wildman–Crippen MR) is 105 cm³/mol. The Kier molecular flexibility index (Phi) is 6.10. The number of hydrogen-bond acceptors (Lipinski definition) is 5. The number of amides is 2. The first-order chi connectivity index (χ1) is 13.2. The number of aryl methyl sites for hydroxylation is 1. The van der Waals surface area contributed by atoms with Gasteiger partial charge in [-0.1, -0.05) is 6.07 Å². The zero-order valence-corrected chi connectivity index (χ0v) is 17.3. The molecule has 7 heteroatoms. The quantitative estimate of drug-likeness (QED) is 0.795. The van der Waals surface area contributed by atoms with Crippen LogP contribution in [-0.4, -0.2) is 64.7 Å². The Bertz CT molecular complexity index is 716. The molecule has 2 aliphatic heterocycles. The van der Waals surface area contributed by atoms with Crippen LogP contribution in [0.2, 0.25) is 0 Å². The van der Waals surface area contributed by atoms with E-state index < -0.39 is 5.60 Å². The molecule has 2 amide bonds. The maximum atomic E-state index is 13.0. The van der Waals surface area contributed by atoms with Crippen LogP contribution < -0.4 is 4.74 Å². The normalized spacial score (nSPS) is 22.9. The summed E-state index contributed by atoms with van der Waals surface area (Å²) in [5.74, 6) is 0.543. The van der Waals surface area contributed by atoms with Gasteiger partial charge < -0.3 is 19.3 Å². The van der Waals surface area contributed by atoms with Gasteiger partial charge in [-0.15, -0.1) is 0 Å². The molecule has 2 fully saturated rings. The van der Waals surface area contributed by atoms with Gasteiger partial charge >= 0.3 is 6.09 Å². The second-order valence-corrected chi connectivity index (χ2v) is 8.70. The van der Waals surface area contributed by atoms with Crippen molar-refractivity contribution in [3.63, 3.8) is 0 Å². The number of nitrogens with zero attached hydrogens (tertiary/aromatic N) is 3. The molecule has 0 bridgehead atoms. The van der Waals surface area contributed by atoms with Crippen LogP contribution in [0, 0.1) is 12.8 Å². The number of carbonyl (C=O) groups is 2. The lowest BCUT2D eigenvalue weighted by atomic mass is 9.97. The third kappa shape index (κ3) is 5.36. The summed E-state index contributed by atoms with van der Waals surface area (Å²) < 4.78 is 11.4. The average Bonchev–Trinajstić information content (AvgIpc) is 3.08. The SMILES string of the molecule is Cc1cccc(OC2CCN(C(=O)C3CCCN(C(=O)OC(C)(C)C)C3)C2)n1. The van der Waals surface area contributed by atoms with E-state index in [1.807, 2.05) is 50.8 Å². The first-order valence-electron chi connectivity index (χ1n) is 10.1. The molecule has 0 spiro atoms. The van der Waals surface area contributed by atoms with E-state index in [0.29, 0.717) is 32.1 Å². The molecule has 2 unspecified atom stereocenters. The van der Waals surface area contributed by atoms with Crippen molar-refractivity contribution in [2.45, 2.75) is 58.7 Å². The Labute approximate surface area is 167 Å². The van der Waals surface area contributed by atoms with Crippen LogP contribution in [0.25, 0.3) is 0 Å². The first-order valence-corrected chi connectivity index (χ1v) is 10.1. The van der Waals surface area contributed by atoms with Crippen molar-refractivity contribution < 1.29 is 19.1 Å². The lowest BCUT2D eigenvalue weighted by Gasteiger charge is -2.35. The van der Waals surface area contributed by atoms with Crippen molar-refractivity contribution in [1.29, 1.82) is 0 Å². The van der Waals surface area contributed by atoms with Crippen LogP contribution in [0.4, 0.5) is 4.79 Å². The van der Waals surface area contributed by atoms with Gasteiger partial charge in [0.1, 0.15) is 11.7 Å². The molecular weight excluding hydrogens is 358 g/mol. The largest absolute Gasteiger partial charge is 0.472 e. The summed E-state index contributed by atoms with van der Waals surface area (Å²) in [7, 11) is 0. The van der Waals surface area contributed by atoms with Gasteiger partial charge in [-0.05, 0) is 46.6 Å². The van der Waals surface area contributed by atoms with Crippen LogP contribution in [0.15, 0.2) is 18.2 Å². The Hall–Kier alpha value is -2.31. The Balaban J connectivity index is 1.53. The maximum absolute atomic E-state index is 13.0. The number of likely N-dealkylation sites (tertiary alicyclic amines) is 2. The molecule has 7 nitrogen and oxygen atoms in total. The average molecular weight is 389 g/mol. The molecule has 0 N–H and O–H groups in total. The highest BCUT2D eigenvalue weighted by atomic mass is 16.6. The monoisotopic (exact) mass is 389 g/mol. The van der Waals surface area contributed by atoms with Crippen molar-refractivity contribution in [2.75, 3.05) is 26.2 Å². The summed E-state index contributed by atoms with van der Waals surface area (Å²) in [6.07, 6.45) is 2.04. The van der Waals surface area contributed by atoms with E-state index in [0.717, 1.165) is 25.0 Å². The summed E-state index contributed by atoms with van der Waals surface area (Å²) in [5.41, 5.74) is 0.380. The Morgan fingerprint density at radius 1 is 1.11 bits per heavy atom. The van der Waals surface area contributed by atoms with Crippen molar-refractivity contribution in [3.05, 3.63) is 23.9 Å². The Morgan fingerprint density at radius 3 is 2.61 bits per heavy atom. The maximum Gasteiger partial charge on any atom is 0.410 e. The first kappa shape index (κ1) is 20.4. The summed E-state index contributed by atoms with van der Waals surface area (Å²) >= 11 is 0. The van der Waals surface area contributed by atoms with E-state index in [-0.39, 0.29) is 24.0 Å². The fourth-order valence-corrected chi connectivity index (χ4v) is 3.71. The second-order valence-electron chi connectivity index (χ2n) is 8.70. The van der Waals surface area contributed by atoms with Gasteiger partial charge in [-0.25, -0.2) is 9.78 Å². The molecule has 0 aromatic carbocycles. The van der Waals surface area contributed by atoms with Gasteiger partial charge in [0.05, 0.1) is 12.5 Å². The fraction of sp³-hybridized carbons (Fsp3) is 0.667. The minimum Gasteiger partial charge on any atom is -0.472 e. The van der Waals surface area contributed by atoms with E-state index in [9.17, 15) is 9.59 Å². The van der Waals surface area contributed by atoms with Crippen molar-refractivity contribution in [1.82, 2.24) is 14.8 Å². The van der Waals surface area contributed by atoms with Crippen molar-refractivity contribution in [3.8, 4) is 5.88 Å². The van der Waals surface area contributed by atoms with E-state index in [1.54, 1.807) is 4.90 Å². The van der Waals surface area contributed by atoms with Crippen LogP contribution in [0.3, 0.4) is 0 Å². The number of piperidine rings is 1. The zero-order valence-electron chi connectivity index (χ0n) is 17.3. The number of aromatic nitrogens is 1. The smallest absolute Gasteiger partial charge is 0.410 e. The van der Waals surface area contributed by atoms with Gasteiger partial charge in [0.15, 0.2) is 0 Å². The van der Waals surface area contributed by atoms with Crippen LogP contribution in [-0.2, 0) is 9.53 Å². The van der Waals surface area contributed by atoms with Gasteiger partial charge in [-0.3, -0.25) is 4.79 Å². The highest BCUT2D eigenvalue weighted by molar-refractivity contribution is 5.80. The molecule has 0 radical (unpaired) electrons. The second kappa shape index (κ2) is 8.37. The minimum atomic E-state index is -0.530. The van der Waals surface area contributed by atoms with E-state index in [4.69, 9.17) is 9.47 Å². The summed E-state index contributed by atoms with van der Waals surface area (Å²) in [6.45, 7) is 9.80. The summed E-state index contributed by atoms with van der Waals surface area (Å²) in [5, 5.41) is 0. The number of pyridine rings is 1. The van der Waals surface area contributed by atoms with Crippen molar-refractivity contribution >= 4 is 12.0 Å². The van der Waals surface area contributed by atoms with Gasteiger partial charge in [0.2, 0.25) is 11.8 Å². The molecule has 2 saturated heterocycles. The summed E-state index contributed by atoms with van der Waals surface area (Å²) in [6, 6.07) is 5.69. The third-order valence-electron chi connectivity index (χ3n) is 5.03. The topological polar surface area (TPSA) is 72.0 Å². The molecule has 2 atom stereocenters. The fourth-order valence-electron chi connectivity index (χ4n) is 3.71. The van der Waals surface area contributed by atoms with Crippen LogP contribution >= 0.6 is 0 Å². The minimum absolute atomic E-state index is 0.0381. The molecule has 3 heterocycles. The third-order valence-corrected chi connectivity index (χ3v) is 5.03. The molecular formula is C21H31N3O4. The molecule has 1 aromatic heterocycles. The van der Waals surface area contributed by atoms with Gasteiger partial charge in [0, 0.05) is 37.8 Å². The predicted octanol–water partition coefficient (Wildman–Crippen LogP) is 3.02. The number of rotatable bonds is 3. The van der Waals surface area contributed by atoms with Crippen LogP contribution in [0.5, 0.6) is 5.88 Å². The van der Waals surface area contributed by atoms with E-state index in [1.165, 1.54) is 0 Å². The van der Waals surface area contributed by atoms with E-state index in [2.05, 4.69) is 4.98 Å². The molecule has 28 heavy (non-hydrogen) atoms. The molecule has 3 rings (SSSR count). The number of hydrogen-bond donors (Lipinski definition) is 0. The molecule has 0 aliphatic carbocycles. The van der Waals surface area contributed by atoms with Gasteiger partial charge in [0.25, 0.3) is 0 Å². The highest BCUT2D eigenvalue weighted by Crippen LogP contribution is 2.24. The van der Waals surface area contributed by atoms with Gasteiger partial charge in [-0.2, -0.15) is 0 Å².